The van der Waals surface area contributed by atoms with Gasteiger partial charge < -0.3 is 5.73 Å². The fraction of sp³-hybridized carbons (Fsp3) is 0.350. The fourth-order valence-electron chi connectivity index (χ4n) is 3.75. The van der Waals surface area contributed by atoms with Crippen LogP contribution in [0.2, 0.25) is 0 Å². The lowest BCUT2D eigenvalue weighted by atomic mass is 9.85. The largest absolute Gasteiger partial charge is 0.364 e. The number of nitrogens with zero attached hydrogens (tertiary/aromatic N) is 2. The van der Waals surface area contributed by atoms with Crippen LogP contribution < -0.4 is 5.73 Å². The molecule has 134 valence electrons. The van der Waals surface area contributed by atoms with Crippen LogP contribution in [0.25, 0.3) is 20.5 Å². The van der Waals surface area contributed by atoms with Gasteiger partial charge in [0.05, 0.1) is 10.4 Å². The molecule has 6 heteroatoms. The summed E-state index contributed by atoms with van der Waals surface area (Å²) in [4.78, 5) is 12.7. The van der Waals surface area contributed by atoms with Crippen LogP contribution in [0, 0.1) is 11.7 Å². The quantitative estimate of drug-likeness (QED) is 0.723. The molecule has 4 nitrogen and oxygen atoms in total. The number of hydrogen-bond acceptors (Lipinski definition) is 4. The Balaban J connectivity index is 1.80. The molecule has 1 fully saturated rings. The lowest BCUT2D eigenvalue weighted by Crippen LogP contribution is -2.16. The third kappa shape index (κ3) is 3.33. The summed E-state index contributed by atoms with van der Waals surface area (Å²) in [5.74, 6) is -0.258. The van der Waals surface area contributed by atoms with Crippen LogP contribution in [-0.2, 0) is 6.42 Å². The average molecular weight is 369 g/mol. The van der Waals surface area contributed by atoms with Gasteiger partial charge in [-0.25, -0.2) is 4.39 Å². The highest BCUT2D eigenvalue weighted by Gasteiger charge is 2.21. The van der Waals surface area contributed by atoms with Crippen molar-refractivity contribution >= 4 is 27.3 Å². The number of carbonyl (C=O) groups excluding carboxylic acids is 1. The van der Waals surface area contributed by atoms with Crippen LogP contribution in [0.4, 0.5) is 4.39 Å². The summed E-state index contributed by atoms with van der Waals surface area (Å²) in [5.41, 5.74) is 7.38. The van der Waals surface area contributed by atoms with Crippen molar-refractivity contribution in [2.75, 3.05) is 0 Å². The van der Waals surface area contributed by atoms with Gasteiger partial charge in [0.1, 0.15) is 5.82 Å². The van der Waals surface area contributed by atoms with Crippen molar-refractivity contribution in [2.24, 2.45) is 11.7 Å². The first-order chi connectivity index (χ1) is 12.6. The molecule has 1 saturated carbocycles. The molecule has 26 heavy (non-hydrogen) atoms. The molecule has 0 saturated heterocycles. The number of primary amides is 1. The Morgan fingerprint density at radius 3 is 2.73 bits per heavy atom. The van der Waals surface area contributed by atoms with Crippen molar-refractivity contribution in [3.8, 4) is 10.4 Å². The van der Waals surface area contributed by atoms with E-state index < -0.39 is 5.91 Å². The van der Waals surface area contributed by atoms with Gasteiger partial charge in [-0.2, -0.15) is 5.10 Å². The zero-order chi connectivity index (χ0) is 18.1. The van der Waals surface area contributed by atoms with Gasteiger partial charge in [-0.15, -0.1) is 16.4 Å². The van der Waals surface area contributed by atoms with Crippen LogP contribution in [0.15, 0.2) is 30.3 Å². The van der Waals surface area contributed by atoms with E-state index in [0.717, 1.165) is 32.6 Å². The number of rotatable bonds is 4. The van der Waals surface area contributed by atoms with Crippen LogP contribution in [0.3, 0.4) is 0 Å². The highest BCUT2D eigenvalue weighted by atomic mass is 32.1. The maximum absolute atomic E-state index is 13.6. The molecule has 1 aliphatic rings. The summed E-state index contributed by atoms with van der Waals surface area (Å²) in [6.07, 6.45) is 7.11. The van der Waals surface area contributed by atoms with E-state index in [9.17, 15) is 9.18 Å². The van der Waals surface area contributed by atoms with Crippen LogP contribution in [-0.4, -0.2) is 16.1 Å². The first kappa shape index (κ1) is 17.1. The molecular weight excluding hydrogens is 349 g/mol. The van der Waals surface area contributed by atoms with Crippen molar-refractivity contribution in [1.29, 1.82) is 0 Å². The molecule has 1 amide bonds. The number of aromatic nitrogens is 2. The molecule has 0 aliphatic heterocycles. The summed E-state index contributed by atoms with van der Waals surface area (Å²) in [6, 6.07) is 8.45. The average Bonchev–Trinajstić information content (AvgIpc) is 3.08. The minimum Gasteiger partial charge on any atom is -0.364 e. The summed E-state index contributed by atoms with van der Waals surface area (Å²) >= 11 is 1.42. The lowest BCUT2D eigenvalue weighted by molar-refractivity contribution is 0.0996. The zero-order valence-corrected chi connectivity index (χ0v) is 15.2. The molecule has 0 radical (unpaired) electrons. The Kier molecular flexibility index (Phi) is 4.68. The molecule has 2 N–H and O–H groups in total. The topological polar surface area (TPSA) is 68.9 Å². The number of fused-ring (bicyclic) bond motifs is 1. The van der Waals surface area contributed by atoms with E-state index in [1.807, 2.05) is 12.1 Å². The SMILES string of the molecule is NC(=O)c1nnc(CC2CCCCC2)c2cc(-c3cccc(F)c3)sc12. The first-order valence-electron chi connectivity index (χ1n) is 8.96. The van der Waals surface area contributed by atoms with E-state index in [1.54, 1.807) is 6.07 Å². The van der Waals surface area contributed by atoms with Crippen molar-refractivity contribution in [3.05, 3.63) is 47.5 Å². The Hall–Kier alpha value is -2.34. The Morgan fingerprint density at radius 1 is 1.19 bits per heavy atom. The monoisotopic (exact) mass is 369 g/mol. The van der Waals surface area contributed by atoms with E-state index in [0.29, 0.717) is 5.92 Å². The molecule has 2 aromatic heterocycles. The predicted octanol–water partition coefficient (Wildman–Crippen LogP) is 4.72. The third-order valence-corrected chi connectivity index (χ3v) is 6.27. The number of thiophene rings is 1. The summed E-state index contributed by atoms with van der Waals surface area (Å²) in [7, 11) is 0. The smallest absolute Gasteiger partial charge is 0.270 e. The summed E-state index contributed by atoms with van der Waals surface area (Å²) < 4.78 is 14.4. The van der Waals surface area contributed by atoms with Crippen molar-refractivity contribution in [1.82, 2.24) is 10.2 Å². The molecule has 0 bridgehead atoms. The molecule has 0 unspecified atom stereocenters. The highest BCUT2D eigenvalue weighted by molar-refractivity contribution is 7.22. The normalized spacial score (nSPS) is 15.4. The maximum Gasteiger partial charge on any atom is 0.270 e. The Labute approximate surface area is 155 Å². The van der Waals surface area contributed by atoms with Crippen molar-refractivity contribution < 1.29 is 9.18 Å². The van der Waals surface area contributed by atoms with E-state index in [-0.39, 0.29) is 11.5 Å². The molecule has 4 rings (SSSR count). The second kappa shape index (κ2) is 7.11. The van der Waals surface area contributed by atoms with Crippen LogP contribution in [0.5, 0.6) is 0 Å². The minimum absolute atomic E-state index is 0.194. The van der Waals surface area contributed by atoms with E-state index >= 15 is 0 Å². The molecule has 1 aliphatic carbocycles. The number of amides is 1. The molecule has 0 spiro atoms. The Morgan fingerprint density at radius 2 is 2.00 bits per heavy atom. The van der Waals surface area contributed by atoms with E-state index in [2.05, 4.69) is 10.2 Å². The van der Waals surface area contributed by atoms with E-state index in [1.165, 1.54) is 55.6 Å². The third-order valence-electron chi connectivity index (χ3n) is 5.08. The fourth-order valence-corrected chi connectivity index (χ4v) is 4.92. The molecule has 2 heterocycles. The van der Waals surface area contributed by atoms with Gasteiger partial charge in [0.25, 0.3) is 5.91 Å². The number of benzene rings is 1. The number of carbonyl (C=O) groups is 1. The van der Waals surface area contributed by atoms with Gasteiger partial charge in [0, 0.05) is 10.3 Å². The molecule has 3 aromatic rings. The molecular formula is C20H20FN3OS. The lowest BCUT2D eigenvalue weighted by Gasteiger charge is -2.21. The first-order valence-corrected chi connectivity index (χ1v) is 9.78. The van der Waals surface area contributed by atoms with Gasteiger partial charge >= 0.3 is 0 Å². The van der Waals surface area contributed by atoms with Gasteiger partial charge in [-0.05, 0) is 36.1 Å². The number of nitrogens with two attached hydrogens (primary N) is 1. The summed E-state index contributed by atoms with van der Waals surface area (Å²) in [6.45, 7) is 0. The Bertz CT molecular complexity index is 963. The highest BCUT2D eigenvalue weighted by Crippen LogP contribution is 2.37. The van der Waals surface area contributed by atoms with Crippen LogP contribution in [0.1, 0.15) is 48.3 Å². The zero-order valence-electron chi connectivity index (χ0n) is 14.4. The van der Waals surface area contributed by atoms with Crippen molar-refractivity contribution in [2.45, 2.75) is 38.5 Å². The van der Waals surface area contributed by atoms with E-state index in [4.69, 9.17) is 5.73 Å². The standard InChI is InChI=1S/C20H20FN3OS/c21-14-8-4-7-13(10-14)17-11-15-16(9-12-5-2-1-3-6-12)23-24-18(20(22)25)19(15)26-17/h4,7-8,10-12H,1-3,5-6,9H2,(H2,22,25). The van der Waals surface area contributed by atoms with Gasteiger partial charge in [0.2, 0.25) is 0 Å². The van der Waals surface area contributed by atoms with Gasteiger partial charge in [-0.1, -0.05) is 44.2 Å². The van der Waals surface area contributed by atoms with Crippen LogP contribution >= 0.6 is 11.3 Å². The van der Waals surface area contributed by atoms with Gasteiger partial charge in [-0.3, -0.25) is 4.79 Å². The number of halogens is 1. The second-order valence-electron chi connectivity index (χ2n) is 6.93. The minimum atomic E-state index is -0.584. The second-order valence-corrected chi connectivity index (χ2v) is 7.98. The number of hydrogen-bond donors (Lipinski definition) is 1. The molecule has 0 atom stereocenters. The maximum atomic E-state index is 13.6. The van der Waals surface area contributed by atoms with Gasteiger partial charge in [0.15, 0.2) is 5.69 Å². The van der Waals surface area contributed by atoms with Crippen molar-refractivity contribution in [3.63, 3.8) is 0 Å². The molecule has 1 aromatic carbocycles. The predicted molar refractivity (Wildman–Crippen MR) is 102 cm³/mol. The summed E-state index contributed by atoms with van der Waals surface area (Å²) in [5, 5.41) is 9.36.